The van der Waals surface area contributed by atoms with E-state index in [0.29, 0.717) is 5.92 Å². The topological polar surface area (TPSA) is 24.9 Å². The molecule has 0 saturated heterocycles. The third-order valence-corrected chi connectivity index (χ3v) is 4.82. The van der Waals surface area contributed by atoms with Gasteiger partial charge < -0.3 is 5.32 Å². The van der Waals surface area contributed by atoms with Gasteiger partial charge in [-0.15, -0.1) is 22.7 Å². The molecule has 0 atom stereocenters. The molecule has 18 heavy (non-hydrogen) atoms. The van der Waals surface area contributed by atoms with Crippen molar-refractivity contribution in [2.45, 2.75) is 33.7 Å². The highest BCUT2D eigenvalue weighted by Gasteiger charge is 2.11. The average Bonchev–Trinajstić information content (AvgIpc) is 2.96. The first-order chi connectivity index (χ1) is 8.70. The van der Waals surface area contributed by atoms with Gasteiger partial charge in [-0.3, -0.25) is 0 Å². The Balaban J connectivity index is 2.10. The van der Waals surface area contributed by atoms with Crippen LogP contribution in [0.15, 0.2) is 17.5 Å². The van der Waals surface area contributed by atoms with Gasteiger partial charge in [0.2, 0.25) is 0 Å². The molecule has 0 aliphatic carbocycles. The third-order valence-electron chi connectivity index (χ3n) is 2.68. The Hall–Kier alpha value is -0.710. The molecular formula is C14H20N2S2. The van der Waals surface area contributed by atoms with E-state index in [1.54, 1.807) is 11.3 Å². The summed E-state index contributed by atoms with van der Waals surface area (Å²) in [6.07, 6.45) is 1.01. The van der Waals surface area contributed by atoms with Crippen molar-refractivity contribution in [3.8, 4) is 9.88 Å². The Labute approximate surface area is 117 Å². The Bertz CT molecular complexity index is 472. The fourth-order valence-corrected chi connectivity index (χ4v) is 3.69. The van der Waals surface area contributed by atoms with Crippen LogP contribution in [0.5, 0.6) is 0 Å². The number of thiazole rings is 1. The minimum atomic E-state index is 0.694. The second-order valence-electron chi connectivity index (χ2n) is 4.74. The summed E-state index contributed by atoms with van der Waals surface area (Å²) in [5, 5.41) is 6.79. The quantitative estimate of drug-likeness (QED) is 0.858. The maximum atomic E-state index is 4.76. The van der Waals surface area contributed by atoms with Crippen LogP contribution in [0.25, 0.3) is 9.88 Å². The van der Waals surface area contributed by atoms with E-state index in [9.17, 15) is 0 Å². The van der Waals surface area contributed by atoms with E-state index < -0.39 is 0 Å². The highest BCUT2D eigenvalue weighted by atomic mass is 32.1. The first kappa shape index (κ1) is 13.7. The number of rotatable bonds is 6. The summed E-state index contributed by atoms with van der Waals surface area (Å²) < 4.78 is 0. The summed E-state index contributed by atoms with van der Waals surface area (Å²) in [5.74, 6) is 0.694. The van der Waals surface area contributed by atoms with Gasteiger partial charge >= 0.3 is 0 Å². The second kappa shape index (κ2) is 6.45. The molecule has 2 aromatic rings. The Kier molecular flexibility index (Phi) is 4.92. The Morgan fingerprint density at radius 3 is 2.83 bits per heavy atom. The molecule has 2 nitrogen and oxygen atoms in total. The molecule has 98 valence electrons. The zero-order valence-corrected chi connectivity index (χ0v) is 12.8. The normalized spacial score (nSPS) is 11.3. The lowest BCUT2D eigenvalue weighted by Gasteiger charge is -2.06. The summed E-state index contributed by atoms with van der Waals surface area (Å²) in [4.78, 5) is 7.43. The summed E-state index contributed by atoms with van der Waals surface area (Å²) >= 11 is 3.60. The van der Waals surface area contributed by atoms with Crippen LogP contribution in [0.3, 0.4) is 0 Å². The summed E-state index contributed by atoms with van der Waals surface area (Å²) in [6, 6.07) is 4.23. The lowest BCUT2D eigenvalue weighted by atomic mass is 10.2. The molecular weight excluding hydrogens is 260 g/mol. The molecule has 0 aromatic carbocycles. The van der Waals surface area contributed by atoms with Crippen LogP contribution in [0.4, 0.5) is 0 Å². The third kappa shape index (κ3) is 3.40. The van der Waals surface area contributed by atoms with Gasteiger partial charge in [0.25, 0.3) is 0 Å². The van der Waals surface area contributed by atoms with Crippen LogP contribution in [-0.4, -0.2) is 11.5 Å². The monoisotopic (exact) mass is 280 g/mol. The molecule has 0 fully saturated rings. The second-order valence-corrected chi connectivity index (χ2v) is 6.78. The molecule has 1 N–H and O–H groups in total. The Morgan fingerprint density at radius 1 is 1.39 bits per heavy atom. The predicted octanol–water partition coefficient (Wildman–Crippen LogP) is 4.18. The number of nitrogens with one attached hydrogen (secondary N) is 1. The van der Waals surface area contributed by atoms with Crippen LogP contribution in [0, 0.1) is 5.92 Å². The highest BCUT2D eigenvalue weighted by Crippen LogP contribution is 2.31. The first-order valence-electron chi connectivity index (χ1n) is 6.43. The summed E-state index contributed by atoms with van der Waals surface area (Å²) in [7, 11) is 0. The van der Waals surface area contributed by atoms with E-state index in [1.165, 1.54) is 20.5 Å². The predicted molar refractivity (Wildman–Crippen MR) is 81.3 cm³/mol. The van der Waals surface area contributed by atoms with Gasteiger partial charge in [-0.05, 0) is 30.3 Å². The van der Waals surface area contributed by atoms with E-state index in [2.05, 4.69) is 43.6 Å². The van der Waals surface area contributed by atoms with Crippen LogP contribution in [0.2, 0.25) is 0 Å². The van der Waals surface area contributed by atoms with Crippen molar-refractivity contribution in [3.63, 3.8) is 0 Å². The highest BCUT2D eigenvalue weighted by molar-refractivity contribution is 7.21. The van der Waals surface area contributed by atoms with Gasteiger partial charge in [-0.2, -0.15) is 0 Å². The largest absolute Gasteiger partial charge is 0.312 e. The van der Waals surface area contributed by atoms with Gasteiger partial charge in [0.1, 0.15) is 5.01 Å². The van der Waals surface area contributed by atoms with Gasteiger partial charge in [0, 0.05) is 11.4 Å². The fraction of sp³-hybridized carbons (Fsp3) is 0.500. The van der Waals surface area contributed by atoms with Crippen LogP contribution < -0.4 is 5.32 Å². The number of aryl methyl sites for hydroxylation is 1. The van der Waals surface area contributed by atoms with Crippen LogP contribution in [0.1, 0.15) is 31.3 Å². The maximum Gasteiger partial charge on any atom is 0.133 e. The lowest BCUT2D eigenvalue weighted by Crippen LogP contribution is -2.18. The number of hydrogen-bond donors (Lipinski definition) is 1. The van der Waals surface area contributed by atoms with Crippen LogP contribution in [-0.2, 0) is 13.0 Å². The van der Waals surface area contributed by atoms with Gasteiger partial charge in [-0.1, -0.05) is 26.8 Å². The van der Waals surface area contributed by atoms with Gasteiger partial charge in [0.05, 0.1) is 10.6 Å². The molecule has 0 bridgehead atoms. The van der Waals surface area contributed by atoms with E-state index in [4.69, 9.17) is 4.98 Å². The molecule has 0 aliphatic heterocycles. The van der Waals surface area contributed by atoms with Crippen LogP contribution >= 0.6 is 22.7 Å². The van der Waals surface area contributed by atoms with Crippen molar-refractivity contribution in [3.05, 3.63) is 28.1 Å². The van der Waals surface area contributed by atoms with E-state index >= 15 is 0 Å². The molecule has 2 rings (SSSR count). The van der Waals surface area contributed by atoms with E-state index in [-0.39, 0.29) is 0 Å². The van der Waals surface area contributed by atoms with E-state index in [1.807, 2.05) is 11.3 Å². The number of aromatic nitrogens is 1. The standard InChI is InChI=1S/C14H20N2S2/c1-4-11-13(9-15-8-10(2)3)18-14(16-11)12-6-5-7-17-12/h5-7,10,15H,4,8-9H2,1-3H3. The summed E-state index contributed by atoms with van der Waals surface area (Å²) in [5.41, 5.74) is 1.25. The Morgan fingerprint density at radius 2 is 2.22 bits per heavy atom. The molecule has 0 radical (unpaired) electrons. The van der Waals surface area contributed by atoms with Crippen molar-refractivity contribution in [1.82, 2.24) is 10.3 Å². The molecule has 0 unspecified atom stereocenters. The number of nitrogens with zero attached hydrogens (tertiary/aromatic N) is 1. The molecule has 0 amide bonds. The van der Waals surface area contributed by atoms with E-state index in [0.717, 1.165) is 19.5 Å². The molecule has 2 aromatic heterocycles. The maximum absolute atomic E-state index is 4.76. The average molecular weight is 280 g/mol. The minimum Gasteiger partial charge on any atom is -0.312 e. The first-order valence-corrected chi connectivity index (χ1v) is 8.13. The zero-order valence-electron chi connectivity index (χ0n) is 11.2. The van der Waals surface area contributed by atoms with Gasteiger partial charge in [0.15, 0.2) is 0 Å². The SMILES string of the molecule is CCc1nc(-c2cccs2)sc1CNCC(C)C. The van der Waals surface area contributed by atoms with Crippen molar-refractivity contribution in [2.75, 3.05) is 6.54 Å². The molecule has 0 saturated carbocycles. The smallest absolute Gasteiger partial charge is 0.133 e. The minimum absolute atomic E-state index is 0.694. The van der Waals surface area contributed by atoms with Crippen molar-refractivity contribution in [1.29, 1.82) is 0 Å². The molecule has 0 aliphatic rings. The molecule has 4 heteroatoms. The van der Waals surface area contributed by atoms with Crippen molar-refractivity contribution in [2.24, 2.45) is 5.92 Å². The zero-order chi connectivity index (χ0) is 13.0. The van der Waals surface area contributed by atoms with Crippen molar-refractivity contribution < 1.29 is 0 Å². The lowest BCUT2D eigenvalue weighted by molar-refractivity contribution is 0.553. The molecule has 2 heterocycles. The van der Waals surface area contributed by atoms with Gasteiger partial charge in [-0.25, -0.2) is 4.98 Å². The number of thiophene rings is 1. The summed E-state index contributed by atoms with van der Waals surface area (Å²) in [6.45, 7) is 8.66. The molecule has 0 spiro atoms. The fourth-order valence-electron chi connectivity index (χ4n) is 1.78. The number of hydrogen-bond acceptors (Lipinski definition) is 4. The van der Waals surface area contributed by atoms with Crippen molar-refractivity contribution >= 4 is 22.7 Å².